The Morgan fingerprint density at radius 1 is 1.17 bits per heavy atom. The Bertz CT molecular complexity index is 953. The maximum atomic E-state index is 10.8. The smallest absolute Gasteiger partial charge is 0.307 e. The zero-order valence-corrected chi connectivity index (χ0v) is 16.9. The first-order chi connectivity index (χ1) is 14.2. The number of oxime groups is 1. The van der Waals surface area contributed by atoms with Gasteiger partial charge in [-0.3, -0.25) is 4.79 Å². The molecule has 7 heteroatoms. The van der Waals surface area contributed by atoms with Gasteiger partial charge in [0.25, 0.3) is 0 Å². The SMILES string of the molecule is CC/C(=N\OCCOc1cccc(CC(=O)O)c1)c1ccc(-c2nccs2)cc1. The molecular weight excluding hydrogens is 388 g/mol. The molecule has 3 rings (SSSR count). The third-order valence-corrected chi connectivity index (χ3v) is 4.93. The third-order valence-electron chi connectivity index (χ3n) is 4.10. The summed E-state index contributed by atoms with van der Waals surface area (Å²) in [7, 11) is 0. The van der Waals surface area contributed by atoms with Gasteiger partial charge in [-0.2, -0.15) is 0 Å². The zero-order valence-electron chi connectivity index (χ0n) is 16.1. The predicted molar refractivity (Wildman–Crippen MR) is 114 cm³/mol. The molecule has 1 heterocycles. The molecule has 0 unspecified atom stereocenters. The molecule has 0 spiro atoms. The van der Waals surface area contributed by atoms with Crippen molar-refractivity contribution in [1.29, 1.82) is 0 Å². The van der Waals surface area contributed by atoms with Crippen molar-refractivity contribution in [2.24, 2.45) is 5.16 Å². The Labute approximate surface area is 173 Å². The second-order valence-corrected chi connectivity index (χ2v) is 7.10. The van der Waals surface area contributed by atoms with E-state index in [0.29, 0.717) is 24.5 Å². The lowest BCUT2D eigenvalue weighted by molar-refractivity contribution is -0.136. The van der Waals surface area contributed by atoms with Gasteiger partial charge in [0, 0.05) is 17.1 Å². The molecule has 0 aliphatic carbocycles. The van der Waals surface area contributed by atoms with Gasteiger partial charge in [0.05, 0.1) is 12.1 Å². The summed E-state index contributed by atoms with van der Waals surface area (Å²) in [5, 5.41) is 16.0. The van der Waals surface area contributed by atoms with Crippen LogP contribution in [0.4, 0.5) is 0 Å². The number of benzene rings is 2. The van der Waals surface area contributed by atoms with E-state index in [1.54, 1.807) is 41.8 Å². The van der Waals surface area contributed by atoms with Crippen LogP contribution in [0.25, 0.3) is 10.6 Å². The summed E-state index contributed by atoms with van der Waals surface area (Å²) in [5.41, 5.74) is 3.65. The average Bonchev–Trinajstić information content (AvgIpc) is 3.26. The molecule has 150 valence electrons. The van der Waals surface area contributed by atoms with Crippen molar-refractivity contribution in [3.8, 4) is 16.3 Å². The molecular formula is C22H22N2O4S. The molecule has 3 aromatic rings. The maximum Gasteiger partial charge on any atom is 0.307 e. The molecule has 2 aromatic carbocycles. The number of carboxylic acids is 1. The third kappa shape index (κ3) is 6.15. The number of carboxylic acid groups (broad SMARTS) is 1. The lowest BCUT2D eigenvalue weighted by Crippen LogP contribution is -2.07. The molecule has 0 saturated carbocycles. The molecule has 6 nitrogen and oxygen atoms in total. The minimum atomic E-state index is -0.869. The Kier molecular flexibility index (Phi) is 7.35. The molecule has 0 radical (unpaired) electrons. The molecule has 1 aromatic heterocycles. The van der Waals surface area contributed by atoms with E-state index in [0.717, 1.165) is 28.3 Å². The number of rotatable bonds is 10. The summed E-state index contributed by atoms with van der Waals surface area (Å²) in [5.74, 6) is -0.253. The molecule has 0 atom stereocenters. The van der Waals surface area contributed by atoms with Crippen LogP contribution < -0.4 is 4.74 Å². The van der Waals surface area contributed by atoms with E-state index in [1.165, 1.54) is 0 Å². The normalized spacial score (nSPS) is 11.3. The van der Waals surface area contributed by atoms with E-state index < -0.39 is 5.97 Å². The fourth-order valence-electron chi connectivity index (χ4n) is 2.73. The summed E-state index contributed by atoms with van der Waals surface area (Å²) < 4.78 is 5.61. The van der Waals surface area contributed by atoms with Crippen LogP contribution in [-0.4, -0.2) is 35.0 Å². The van der Waals surface area contributed by atoms with Crippen LogP contribution in [0.15, 0.2) is 65.3 Å². The Balaban J connectivity index is 1.50. The largest absolute Gasteiger partial charge is 0.490 e. The van der Waals surface area contributed by atoms with Crippen molar-refractivity contribution in [3.05, 3.63) is 71.2 Å². The van der Waals surface area contributed by atoms with Crippen molar-refractivity contribution in [1.82, 2.24) is 4.98 Å². The second kappa shape index (κ2) is 10.4. The monoisotopic (exact) mass is 410 g/mol. The summed E-state index contributed by atoms with van der Waals surface area (Å²) in [6.07, 6.45) is 2.51. The van der Waals surface area contributed by atoms with E-state index in [4.69, 9.17) is 14.7 Å². The number of thiazole rings is 1. The number of hydrogen-bond donors (Lipinski definition) is 1. The molecule has 0 aliphatic rings. The lowest BCUT2D eigenvalue weighted by atomic mass is 10.1. The van der Waals surface area contributed by atoms with Crippen molar-refractivity contribution < 1.29 is 19.5 Å². The Hall–Kier alpha value is -3.19. The van der Waals surface area contributed by atoms with Crippen LogP contribution >= 0.6 is 11.3 Å². The fourth-order valence-corrected chi connectivity index (χ4v) is 3.38. The second-order valence-electron chi connectivity index (χ2n) is 6.21. The zero-order chi connectivity index (χ0) is 20.5. The van der Waals surface area contributed by atoms with Gasteiger partial charge in [-0.15, -0.1) is 11.3 Å². The molecule has 0 bridgehead atoms. The molecule has 0 aliphatic heterocycles. The molecule has 0 fully saturated rings. The highest BCUT2D eigenvalue weighted by Crippen LogP contribution is 2.22. The standard InChI is InChI=1S/C22H22N2O4S/c1-2-20(17-6-8-18(9-7-17)22-23-10-13-29-22)24-28-12-11-27-19-5-3-4-16(14-19)15-21(25)26/h3-10,13-14H,2,11-12,15H2,1H3,(H,25,26)/b24-20+. The molecule has 29 heavy (non-hydrogen) atoms. The van der Waals surface area contributed by atoms with Crippen LogP contribution in [0, 0.1) is 0 Å². The Morgan fingerprint density at radius 2 is 2.00 bits per heavy atom. The van der Waals surface area contributed by atoms with Crippen LogP contribution in [-0.2, 0) is 16.1 Å². The number of aliphatic carboxylic acids is 1. The summed E-state index contributed by atoms with van der Waals surface area (Å²) in [6, 6.07) is 15.2. The number of nitrogens with zero attached hydrogens (tertiary/aromatic N) is 2. The summed E-state index contributed by atoms with van der Waals surface area (Å²) in [4.78, 5) is 20.5. The highest BCUT2D eigenvalue weighted by atomic mass is 32.1. The first-order valence-electron chi connectivity index (χ1n) is 9.28. The fraction of sp³-hybridized carbons (Fsp3) is 0.227. The highest BCUT2D eigenvalue weighted by molar-refractivity contribution is 7.13. The first kappa shape index (κ1) is 20.5. The van der Waals surface area contributed by atoms with Crippen LogP contribution in [0.3, 0.4) is 0 Å². The first-order valence-corrected chi connectivity index (χ1v) is 10.2. The van der Waals surface area contributed by atoms with E-state index in [-0.39, 0.29) is 6.42 Å². The number of ether oxygens (including phenoxy) is 1. The minimum Gasteiger partial charge on any atom is -0.490 e. The molecule has 0 amide bonds. The number of aromatic nitrogens is 1. The van der Waals surface area contributed by atoms with Gasteiger partial charge in [-0.25, -0.2) is 4.98 Å². The van der Waals surface area contributed by atoms with Gasteiger partial charge in [0.1, 0.15) is 17.4 Å². The van der Waals surface area contributed by atoms with E-state index in [1.807, 2.05) is 36.6 Å². The number of carbonyl (C=O) groups is 1. The van der Waals surface area contributed by atoms with Gasteiger partial charge in [-0.1, -0.05) is 48.5 Å². The maximum absolute atomic E-state index is 10.8. The van der Waals surface area contributed by atoms with Gasteiger partial charge >= 0.3 is 5.97 Å². The highest BCUT2D eigenvalue weighted by Gasteiger charge is 2.05. The van der Waals surface area contributed by atoms with Gasteiger partial charge in [-0.05, 0) is 29.7 Å². The van der Waals surface area contributed by atoms with Crippen molar-refractivity contribution in [3.63, 3.8) is 0 Å². The topological polar surface area (TPSA) is 81.0 Å². The summed E-state index contributed by atoms with van der Waals surface area (Å²) >= 11 is 1.61. The van der Waals surface area contributed by atoms with E-state index in [9.17, 15) is 4.79 Å². The Morgan fingerprint density at radius 3 is 2.69 bits per heavy atom. The van der Waals surface area contributed by atoms with E-state index in [2.05, 4.69) is 10.1 Å². The average molecular weight is 410 g/mol. The van der Waals surface area contributed by atoms with Crippen molar-refractivity contribution in [2.45, 2.75) is 19.8 Å². The minimum absolute atomic E-state index is 0.0286. The quantitative estimate of drug-likeness (QED) is 0.299. The summed E-state index contributed by atoms with van der Waals surface area (Å²) in [6.45, 7) is 2.64. The van der Waals surface area contributed by atoms with E-state index >= 15 is 0 Å². The van der Waals surface area contributed by atoms with Crippen molar-refractivity contribution >= 4 is 23.0 Å². The van der Waals surface area contributed by atoms with Crippen LogP contribution in [0.5, 0.6) is 5.75 Å². The molecule has 0 saturated heterocycles. The predicted octanol–water partition coefficient (Wildman–Crippen LogP) is 4.65. The molecule has 1 N–H and O–H groups in total. The number of hydrogen-bond acceptors (Lipinski definition) is 6. The van der Waals surface area contributed by atoms with Gasteiger partial charge < -0.3 is 14.7 Å². The van der Waals surface area contributed by atoms with Crippen LogP contribution in [0.1, 0.15) is 24.5 Å². The lowest BCUT2D eigenvalue weighted by Gasteiger charge is -2.08. The van der Waals surface area contributed by atoms with Gasteiger partial charge in [0.2, 0.25) is 0 Å². The van der Waals surface area contributed by atoms with Crippen molar-refractivity contribution in [2.75, 3.05) is 13.2 Å². The van der Waals surface area contributed by atoms with Crippen LogP contribution in [0.2, 0.25) is 0 Å². The van der Waals surface area contributed by atoms with Gasteiger partial charge in [0.15, 0.2) is 6.61 Å².